The number of pyridine rings is 2. The molecule has 0 unspecified atom stereocenters. The van der Waals surface area contributed by atoms with Crippen molar-refractivity contribution in [3.63, 3.8) is 0 Å². The van der Waals surface area contributed by atoms with Crippen LogP contribution < -0.4 is 15.4 Å². The second-order valence-electron chi connectivity index (χ2n) is 6.65. The number of carbonyl (C=O) groups excluding carboxylic acids is 1. The number of amides is 1. The summed E-state index contributed by atoms with van der Waals surface area (Å²) in [4.78, 5) is 20.5. The first kappa shape index (κ1) is 19.7. The number of carbonyl (C=O) groups is 1. The predicted molar refractivity (Wildman–Crippen MR) is 119 cm³/mol. The van der Waals surface area contributed by atoms with Gasteiger partial charge in [0.05, 0.1) is 11.4 Å². The predicted octanol–water partition coefficient (Wildman–Crippen LogP) is 5.49. The molecule has 2 aromatic carbocycles. The van der Waals surface area contributed by atoms with E-state index in [-0.39, 0.29) is 5.91 Å². The van der Waals surface area contributed by atoms with Gasteiger partial charge < -0.3 is 15.4 Å². The molecule has 0 bridgehead atoms. The van der Waals surface area contributed by atoms with Crippen molar-refractivity contribution >= 4 is 39.9 Å². The van der Waals surface area contributed by atoms with Crippen LogP contribution in [0.3, 0.4) is 0 Å². The number of fused-ring (bicyclic) bond motifs is 1. The Morgan fingerprint density at radius 2 is 1.80 bits per heavy atom. The van der Waals surface area contributed by atoms with Gasteiger partial charge in [0.25, 0.3) is 5.91 Å². The minimum atomic E-state index is -0.149. The van der Waals surface area contributed by atoms with Crippen molar-refractivity contribution in [1.82, 2.24) is 15.3 Å². The summed E-state index contributed by atoms with van der Waals surface area (Å²) < 4.78 is 6.05. The molecule has 0 aliphatic carbocycles. The van der Waals surface area contributed by atoms with Crippen LogP contribution in [-0.2, 0) is 0 Å². The Morgan fingerprint density at radius 1 is 1.00 bits per heavy atom. The lowest BCUT2D eigenvalue weighted by Crippen LogP contribution is -2.17. The van der Waals surface area contributed by atoms with Gasteiger partial charge in [-0.1, -0.05) is 11.6 Å². The Balaban J connectivity index is 1.65. The number of hydrogen-bond acceptors (Lipinski definition) is 5. The normalized spacial score (nSPS) is 10.6. The summed E-state index contributed by atoms with van der Waals surface area (Å²) in [5, 5.41) is 7.45. The fourth-order valence-corrected chi connectivity index (χ4v) is 3.18. The van der Waals surface area contributed by atoms with Gasteiger partial charge in [-0.25, -0.2) is 9.97 Å². The number of aryl methyl sites for hydroxylation is 1. The summed E-state index contributed by atoms with van der Waals surface area (Å²) >= 11 is 6.23. The maximum Gasteiger partial charge on any atom is 0.251 e. The van der Waals surface area contributed by atoms with E-state index in [1.54, 1.807) is 55.7 Å². The number of nitrogens with zero attached hydrogens (tertiary/aromatic N) is 2. The minimum absolute atomic E-state index is 0.149. The smallest absolute Gasteiger partial charge is 0.251 e. The Morgan fingerprint density at radius 3 is 2.57 bits per heavy atom. The monoisotopic (exact) mass is 418 g/mol. The van der Waals surface area contributed by atoms with Crippen LogP contribution in [0.1, 0.15) is 16.1 Å². The lowest BCUT2D eigenvalue weighted by Gasteiger charge is -2.15. The van der Waals surface area contributed by atoms with Gasteiger partial charge in [-0.15, -0.1) is 0 Å². The SMILES string of the molecule is CNC(=O)c1ccc(Oc2ccc(Cl)cc2Nc2ccnc3nc(C)ccc23)cc1. The van der Waals surface area contributed by atoms with Crippen LogP contribution in [0.4, 0.5) is 11.4 Å². The van der Waals surface area contributed by atoms with Gasteiger partial charge in [0.1, 0.15) is 5.75 Å². The lowest BCUT2D eigenvalue weighted by atomic mass is 10.2. The fraction of sp³-hybridized carbons (Fsp3) is 0.0870. The number of nitrogens with one attached hydrogen (secondary N) is 2. The highest BCUT2D eigenvalue weighted by atomic mass is 35.5. The van der Waals surface area contributed by atoms with Crippen molar-refractivity contribution in [3.8, 4) is 11.5 Å². The topological polar surface area (TPSA) is 76.1 Å². The van der Waals surface area contributed by atoms with E-state index in [4.69, 9.17) is 16.3 Å². The average Bonchev–Trinajstić information content (AvgIpc) is 2.75. The van der Waals surface area contributed by atoms with Crippen LogP contribution in [0.5, 0.6) is 11.5 Å². The summed E-state index contributed by atoms with van der Waals surface area (Å²) in [7, 11) is 1.60. The number of halogens is 1. The highest BCUT2D eigenvalue weighted by Crippen LogP contribution is 2.35. The molecule has 2 heterocycles. The molecule has 0 atom stereocenters. The molecule has 150 valence electrons. The van der Waals surface area contributed by atoms with E-state index in [9.17, 15) is 4.79 Å². The molecule has 2 N–H and O–H groups in total. The number of benzene rings is 2. The van der Waals surface area contributed by atoms with E-state index < -0.39 is 0 Å². The summed E-state index contributed by atoms with van der Waals surface area (Å²) in [5.41, 5.74) is 3.67. The lowest BCUT2D eigenvalue weighted by molar-refractivity contribution is 0.0963. The van der Waals surface area contributed by atoms with Crippen molar-refractivity contribution in [2.24, 2.45) is 0 Å². The Kier molecular flexibility index (Phi) is 5.50. The molecule has 7 heteroatoms. The highest BCUT2D eigenvalue weighted by Gasteiger charge is 2.11. The van der Waals surface area contributed by atoms with Crippen molar-refractivity contribution in [2.75, 3.05) is 12.4 Å². The number of rotatable bonds is 5. The van der Waals surface area contributed by atoms with Crippen LogP contribution in [0.15, 0.2) is 66.9 Å². The van der Waals surface area contributed by atoms with Gasteiger partial charge in [-0.3, -0.25) is 4.79 Å². The standard InChI is InChI=1S/C23H19ClN4O2/c1-14-3-9-18-19(11-12-26-22(18)27-14)28-20-13-16(24)6-10-21(20)30-17-7-4-15(5-8-17)23(29)25-2/h3-13H,1-2H3,(H,25,29)(H,26,27,28). The highest BCUT2D eigenvalue weighted by molar-refractivity contribution is 6.31. The van der Waals surface area contributed by atoms with Crippen LogP contribution in [0.25, 0.3) is 11.0 Å². The maximum atomic E-state index is 11.7. The molecular weight excluding hydrogens is 400 g/mol. The molecule has 0 saturated carbocycles. The van der Waals surface area contributed by atoms with Crippen molar-refractivity contribution in [3.05, 3.63) is 83.1 Å². The molecular formula is C23H19ClN4O2. The fourth-order valence-electron chi connectivity index (χ4n) is 3.01. The van der Waals surface area contributed by atoms with Gasteiger partial charge in [-0.2, -0.15) is 0 Å². The first-order chi connectivity index (χ1) is 14.5. The second kappa shape index (κ2) is 8.39. The first-order valence-electron chi connectivity index (χ1n) is 9.32. The maximum absolute atomic E-state index is 11.7. The van der Waals surface area contributed by atoms with E-state index in [0.717, 1.165) is 16.8 Å². The largest absolute Gasteiger partial charge is 0.455 e. The van der Waals surface area contributed by atoms with Gasteiger partial charge in [0, 0.05) is 34.9 Å². The number of anilines is 2. The number of hydrogen-bond donors (Lipinski definition) is 2. The van der Waals surface area contributed by atoms with Crippen LogP contribution in [0, 0.1) is 6.92 Å². The zero-order valence-electron chi connectivity index (χ0n) is 16.4. The Bertz CT molecular complexity index is 1230. The molecule has 0 spiro atoms. The summed E-state index contributed by atoms with van der Waals surface area (Å²) in [6.45, 7) is 1.93. The van der Waals surface area contributed by atoms with E-state index in [1.165, 1.54) is 0 Å². The third-order valence-corrected chi connectivity index (χ3v) is 4.76. The molecule has 4 aromatic rings. The molecule has 30 heavy (non-hydrogen) atoms. The van der Waals surface area contributed by atoms with E-state index >= 15 is 0 Å². The average molecular weight is 419 g/mol. The zero-order chi connectivity index (χ0) is 21.1. The molecule has 0 saturated heterocycles. The number of aromatic nitrogens is 2. The minimum Gasteiger partial charge on any atom is -0.455 e. The van der Waals surface area contributed by atoms with E-state index in [0.29, 0.717) is 33.4 Å². The third kappa shape index (κ3) is 4.18. The third-order valence-electron chi connectivity index (χ3n) is 4.52. The first-order valence-corrected chi connectivity index (χ1v) is 9.70. The van der Waals surface area contributed by atoms with Crippen molar-refractivity contribution in [1.29, 1.82) is 0 Å². The van der Waals surface area contributed by atoms with Crippen LogP contribution >= 0.6 is 11.6 Å². The summed E-state index contributed by atoms with van der Waals surface area (Å²) in [6.07, 6.45) is 1.71. The Hall–Kier alpha value is -3.64. The molecule has 2 aromatic heterocycles. The van der Waals surface area contributed by atoms with Crippen molar-refractivity contribution < 1.29 is 9.53 Å². The summed E-state index contributed by atoms with van der Waals surface area (Å²) in [5.74, 6) is 1.05. The molecule has 0 fully saturated rings. The number of ether oxygens (including phenoxy) is 1. The van der Waals surface area contributed by atoms with Gasteiger partial charge in [0.2, 0.25) is 0 Å². The Labute approximate surface area is 178 Å². The van der Waals surface area contributed by atoms with E-state index in [1.807, 2.05) is 25.1 Å². The molecule has 1 amide bonds. The molecule has 0 aliphatic heterocycles. The van der Waals surface area contributed by atoms with Crippen molar-refractivity contribution in [2.45, 2.75) is 6.92 Å². The molecule has 0 radical (unpaired) electrons. The quantitative estimate of drug-likeness (QED) is 0.448. The zero-order valence-corrected chi connectivity index (χ0v) is 17.2. The van der Waals surface area contributed by atoms with Crippen LogP contribution in [-0.4, -0.2) is 22.9 Å². The second-order valence-corrected chi connectivity index (χ2v) is 7.09. The molecule has 4 rings (SSSR count). The van der Waals surface area contributed by atoms with Gasteiger partial charge in [-0.05, 0) is 67.6 Å². The summed E-state index contributed by atoms with van der Waals surface area (Å²) in [6, 6.07) is 18.1. The molecule has 6 nitrogen and oxygen atoms in total. The van der Waals surface area contributed by atoms with Crippen LogP contribution in [0.2, 0.25) is 5.02 Å². The molecule has 0 aliphatic rings. The van der Waals surface area contributed by atoms with Gasteiger partial charge in [0.15, 0.2) is 11.4 Å². The van der Waals surface area contributed by atoms with Gasteiger partial charge >= 0.3 is 0 Å². The van der Waals surface area contributed by atoms with E-state index in [2.05, 4.69) is 20.6 Å².